The number of hydrogen-bond acceptors (Lipinski definition) is 3. The molecule has 1 aliphatic rings. The van der Waals surface area contributed by atoms with E-state index in [0.717, 1.165) is 41.3 Å². The number of nitrogens with one attached hydrogen (secondary N) is 1. The zero-order chi connectivity index (χ0) is 20.6. The van der Waals surface area contributed by atoms with Crippen molar-refractivity contribution in [1.29, 1.82) is 0 Å². The minimum atomic E-state index is -0.157. The van der Waals surface area contributed by atoms with Gasteiger partial charge in [0, 0.05) is 12.6 Å². The number of anilines is 1. The molecule has 5 nitrogen and oxygen atoms in total. The minimum absolute atomic E-state index is 0.0156. The van der Waals surface area contributed by atoms with Gasteiger partial charge < -0.3 is 5.32 Å². The molecular weight excluding hydrogens is 360 g/mol. The van der Waals surface area contributed by atoms with Gasteiger partial charge in [-0.05, 0) is 43.9 Å². The van der Waals surface area contributed by atoms with Crippen LogP contribution in [0.5, 0.6) is 0 Å². The Balaban J connectivity index is 1.90. The van der Waals surface area contributed by atoms with E-state index < -0.39 is 0 Å². The SMILES string of the molecule is CCc1c(NC2=N[C@@](C)(CC)Cc3ccccc32)n(-c2ccccc2)n(C)c1=O. The quantitative estimate of drug-likeness (QED) is 0.724. The molecule has 1 atom stereocenters. The first-order valence-electron chi connectivity index (χ1n) is 10.3. The molecule has 150 valence electrons. The van der Waals surface area contributed by atoms with Gasteiger partial charge in [0.15, 0.2) is 0 Å². The Kier molecular flexibility index (Phi) is 4.91. The van der Waals surface area contributed by atoms with Crippen molar-refractivity contribution in [2.24, 2.45) is 12.0 Å². The van der Waals surface area contributed by atoms with E-state index >= 15 is 0 Å². The number of para-hydroxylation sites is 1. The lowest BCUT2D eigenvalue weighted by atomic mass is 9.85. The number of benzene rings is 2. The topological polar surface area (TPSA) is 51.3 Å². The molecule has 0 aliphatic carbocycles. The van der Waals surface area contributed by atoms with Gasteiger partial charge in [-0.2, -0.15) is 0 Å². The van der Waals surface area contributed by atoms with Gasteiger partial charge >= 0.3 is 0 Å². The first kappa shape index (κ1) is 19.2. The van der Waals surface area contributed by atoms with Crippen molar-refractivity contribution in [2.75, 3.05) is 5.32 Å². The van der Waals surface area contributed by atoms with Crippen LogP contribution in [-0.4, -0.2) is 20.7 Å². The molecule has 0 saturated heterocycles. The summed E-state index contributed by atoms with van der Waals surface area (Å²) in [4.78, 5) is 18.0. The summed E-state index contributed by atoms with van der Waals surface area (Å²) in [5.74, 6) is 1.63. The Morgan fingerprint density at radius 1 is 1.07 bits per heavy atom. The number of fused-ring (bicyclic) bond motifs is 1. The van der Waals surface area contributed by atoms with E-state index in [2.05, 4.69) is 37.4 Å². The Bertz CT molecular complexity index is 1120. The van der Waals surface area contributed by atoms with E-state index in [9.17, 15) is 4.79 Å². The van der Waals surface area contributed by atoms with Crippen LogP contribution in [-0.2, 0) is 19.9 Å². The number of aromatic nitrogens is 2. The van der Waals surface area contributed by atoms with E-state index in [-0.39, 0.29) is 11.1 Å². The average molecular weight is 389 g/mol. The maximum Gasteiger partial charge on any atom is 0.272 e. The number of hydrogen-bond donors (Lipinski definition) is 1. The summed E-state index contributed by atoms with van der Waals surface area (Å²) in [6, 6.07) is 18.4. The highest BCUT2D eigenvalue weighted by molar-refractivity contribution is 6.10. The molecule has 2 heterocycles. The lowest BCUT2D eigenvalue weighted by Gasteiger charge is -2.32. The molecule has 0 spiro atoms. The second kappa shape index (κ2) is 7.39. The molecule has 0 amide bonds. The second-order valence-electron chi connectivity index (χ2n) is 7.93. The number of amidine groups is 1. The molecular formula is C24H28N4O. The van der Waals surface area contributed by atoms with E-state index in [1.165, 1.54) is 5.56 Å². The molecule has 0 bridgehead atoms. The van der Waals surface area contributed by atoms with E-state index in [0.29, 0.717) is 6.42 Å². The smallest absolute Gasteiger partial charge is 0.272 e. The Hall–Kier alpha value is -3.08. The molecule has 0 unspecified atom stereocenters. The Morgan fingerprint density at radius 2 is 1.76 bits per heavy atom. The fourth-order valence-corrected chi connectivity index (χ4v) is 4.08. The summed E-state index contributed by atoms with van der Waals surface area (Å²) in [5.41, 5.74) is 3.96. The first-order chi connectivity index (χ1) is 14.0. The van der Waals surface area contributed by atoms with Crippen LogP contribution in [0.25, 0.3) is 5.69 Å². The van der Waals surface area contributed by atoms with E-state index in [4.69, 9.17) is 4.99 Å². The monoisotopic (exact) mass is 388 g/mol. The highest BCUT2D eigenvalue weighted by atomic mass is 16.1. The van der Waals surface area contributed by atoms with Crippen molar-refractivity contribution in [2.45, 2.75) is 45.6 Å². The Labute approximate surface area is 171 Å². The van der Waals surface area contributed by atoms with Crippen molar-refractivity contribution < 1.29 is 0 Å². The van der Waals surface area contributed by atoms with E-state index in [1.54, 1.807) is 4.68 Å². The van der Waals surface area contributed by atoms with Crippen LogP contribution in [0.4, 0.5) is 5.82 Å². The highest BCUT2D eigenvalue weighted by Gasteiger charge is 2.30. The number of rotatable bonds is 4. The van der Waals surface area contributed by atoms with Gasteiger partial charge in [0.25, 0.3) is 5.56 Å². The highest BCUT2D eigenvalue weighted by Crippen LogP contribution is 2.31. The zero-order valence-electron chi connectivity index (χ0n) is 17.6. The average Bonchev–Trinajstić information content (AvgIpc) is 2.98. The van der Waals surface area contributed by atoms with Crippen LogP contribution in [0.3, 0.4) is 0 Å². The lowest BCUT2D eigenvalue weighted by molar-refractivity contribution is 0.448. The second-order valence-corrected chi connectivity index (χ2v) is 7.93. The van der Waals surface area contributed by atoms with Gasteiger partial charge in [-0.15, -0.1) is 0 Å². The lowest BCUT2D eigenvalue weighted by Crippen LogP contribution is -2.34. The van der Waals surface area contributed by atoms with Crippen LogP contribution in [0.15, 0.2) is 64.4 Å². The predicted octanol–water partition coefficient (Wildman–Crippen LogP) is 4.32. The normalized spacial score (nSPS) is 18.3. The van der Waals surface area contributed by atoms with Gasteiger partial charge in [0.05, 0.1) is 16.8 Å². The molecule has 0 saturated carbocycles. The van der Waals surface area contributed by atoms with Gasteiger partial charge in [-0.1, -0.05) is 56.3 Å². The van der Waals surface area contributed by atoms with Gasteiger partial charge in [-0.25, -0.2) is 9.36 Å². The Morgan fingerprint density at radius 3 is 2.45 bits per heavy atom. The first-order valence-corrected chi connectivity index (χ1v) is 10.3. The zero-order valence-corrected chi connectivity index (χ0v) is 17.6. The largest absolute Gasteiger partial charge is 0.324 e. The summed E-state index contributed by atoms with van der Waals surface area (Å²) >= 11 is 0. The molecule has 5 heteroatoms. The fraction of sp³-hybridized carbons (Fsp3) is 0.333. The van der Waals surface area contributed by atoms with Crippen LogP contribution in [0, 0.1) is 0 Å². The number of nitrogens with zero attached hydrogens (tertiary/aromatic N) is 3. The standard InChI is InChI=1S/C24H28N4O/c1-5-19-22(28(27(4)23(19)29)18-13-8-7-9-14-18)25-21-20-15-11-10-12-17(20)16-24(3,6-2)26-21/h7-15H,5-6,16H2,1-4H3,(H,25,26)/t24-/m0/s1. The van der Waals surface area contributed by atoms with Crippen molar-refractivity contribution in [1.82, 2.24) is 9.36 Å². The molecule has 29 heavy (non-hydrogen) atoms. The van der Waals surface area contributed by atoms with Crippen molar-refractivity contribution in [3.63, 3.8) is 0 Å². The summed E-state index contributed by atoms with van der Waals surface area (Å²) in [7, 11) is 1.81. The van der Waals surface area contributed by atoms with Gasteiger partial charge in [0.1, 0.15) is 11.7 Å². The predicted molar refractivity (Wildman–Crippen MR) is 119 cm³/mol. The third-order valence-corrected chi connectivity index (χ3v) is 5.93. The minimum Gasteiger partial charge on any atom is -0.324 e. The molecule has 1 N–H and O–H groups in total. The maximum absolute atomic E-state index is 12.9. The van der Waals surface area contributed by atoms with Crippen LogP contribution < -0.4 is 10.9 Å². The molecule has 0 fully saturated rings. The third kappa shape index (κ3) is 3.31. The van der Waals surface area contributed by atoms with Crippen molar-refractivity contribution in [3.8, 4) is 5.69 Å². The number of aliphatic imine (C=N–C) groups is 1. The van der Waals surface area contributed by atoms with E-state index in [1.807, 2.05) is 55.1 Å². The fourth-order valence-electron chi connectivity index (χ4n) is 4.08. The third-order valence-electron chi connectivity index (χ3n) is 5.93. The summed E-state index contributed by atoms with van der Waals surface area (Å²) in [5, 5.41) is 3.57. The molecule has 0 radical (unpaired) electrons. The maximum atomic E-state index is 12.9. The molecule has 3 aromatic rings. The van der Waals surface area contributed by atoms with Crippen molar-refractivity contribution >= 4 is 11.7 Å². The van der Waals surface area contributed by atoms with Crippen LogP contribution in [0.1, 0.15) is 43.9 Å². The van der Waals surface area contributed by atoms with Crippen LogP contribution >= 0.6 is 0 Å². The molecule has 1 aromatic heterocycles. The van der Waals surface area contributed by atoms with Gasteiger partial charge in [-0.3, -0.25) is 9.79 Å². The molecule has 2 aromatic carbocycles. The van der Waals surface area contributed by atoms with Gasteiger partial charge in [0.2, 0.25) is 0 Å². The molecule has 4 rings (SSSR count). The summed E-state index contributed by atoms with van der Waals surface area (Å²) in [6.45, 7) is 6.39. The summed E-state index contributed by atoms with van der Waals surface area (Å²) < 4.78 is 3.62. The van der Waals surface area contributed by atoms with Crippen LogP contribution in [0.2, 0.25) is 0 Å². The molecule has 1 aliphatic heterocycles. The summed E-state index contributed by atoms with van der Waals surface area (Å²) in [6.07, 6.45) is 2.52. The van der Waals surface area contributed by atoms with Crippen molar-refractivity contribution in [3.05, 3.63) is 81.6 Å².